The van der Waals surface area contributed by atoms with Gasteiger partial charge in [0.15, 0.2) is 11.9 Å². The molecule has 0 bridgehead atoms. The minimum absolute atomic E-state index is 0.0877. The molecule has 0 aliphatic carbocycles. The van der Waals surface area contributed by atoms with Gasteiger partial charge in [-0.25, -0.2) is 0 Å². The minimum Gasteiger partial charge on any atom is -0.378 e. The van der Waals surface area contributed by atoms with Crippen molar-refractivity contribution >= 4 is 11.5 Å². The number of benzene rings is 1. The Bertz CT molecular complexity index is 326. The van der Waals surface area contributed by atoms with Crippen molar-refractivity contribution in [3.63, 3.8) is 0 Å². The van der Waals surface area contributed by atoms with Gasteiger partial charge in [-0.3, -0.25) is 15.1 Å². The molecule has 1 aliphatic heterocycles. The van der Waals surface area contributed by atoms with Crippen molar-refractivity contribution in [2.45, 2.75) is 12.5 Å². The molecule has 0 aromatic heterocycles. The topological polar surface area (TPSA) is 47.6 Å². The molecule has 1 N–H and O–H groups in total. The van der Waals surface area contributed by atoms with Crippen LogP contribution in [0.2, 0.25) is 0 Å². The summed E-state index contributed by atoms with van der Waals surface area (Å²) in [5, 5.41) is 0. The Morgan fingerprint density at radius 2 is 2.13 bits per heavy atom. The molecule has 0 radical (unpaired) electrons. The highest BCUT2D eigenvalue weighted by molar-refractivity contribution is 5.83. The Hall–Kier alpha value is -1.39. The van der Waals surface area contributed by atoms with Gasteiger partial charge in [0.25, 0.3) is 0 Å². The summed E-state index contributed by atoms with van der Waals surface area (Å²) >= 11 is 0. The summed E-state index contributed by atoms with van der Waals surface area (Å²) < 4.78 is 5.16. The molecule has 1 unspecified atom stereocenters. The molecule has 0 amide bonds. The van der Waals surface area contributed by atoms with Crippen LogP contribution >= 0.6 is 0 Å². The molecular weight excluding hydrogens is 194 g/mol. The van der Waals surface area contributed by atoms with E-state index in [1.54, 1.807) is 0 Å². The lowest BCUT2D eigenvalue weighted by Gasteiger charge is -2.21. The van der Waals surface area contributed by atoms with Gasteiger partial charge in [-0.2, -0.15) is 0 Å². The predicted octanol–water partition coefficient (Wildman–Crippen LogP) is 1.39. The average molecular weight is 207 g/mol. The van der Waals surface area contributed by atoms with E-state index in [1.165, 1.54) is 0 Å². The number of hydrogen-bond acceptors (Lipinski definition) is 4. The summed E-state index contributed by atoms with van der Waals surface area (Å²) in [6.45, 7) is 0.836. The lowest BCUT2D eigenvalue weighted by atomic mass is 10.1. The molecule has 1 aromatic carbocycles. The van der Waals surface area contributed by atoms with Crippen LogP contribution in [0.25, 0.3) is 0 Å². The highest BCUT2D eigenvalue weighted by Crippen LogP contribution is 2.10. The highest BCUT2D eigenvalue weighted by Gasteiger charge is 2.23. The standard InChI is InChI=1S/C11H13NO3/c13-10-6-7-14-8-11(10)15-12-9-4-2-1-3-5-9/h1-5,11-12H,6-8H2. The predicted molar refractivity (Wildman–Crippen MR) is 55.4 cm³/mol. The minimum atomic E-state index is -0.487. The fourth-order valence-electron chi connectivity index (χ4n) is 1.36. The first-order valence-corrected chi connectivity index (χ1v) is 4.93. The van der Waals surface area contributed by atoms with E-state index in [0.717, 1.165) is 5.69 Å². The van der Waals surface area contributed by atoms with Gasteiger partial charge in [0.05, 0.1) is 18.9 Å². The summed E-state index contributed by atoms with van der Waals surface area (Å²) in [5.74, 6) is 0.0877. The second kappa shape index (κ2) is 4.91. The van der Waals surface area contributed by atoms with E-state index in [1.807, 2.05) is 30.3 Å². The maximum atomic E-state index is 11.4. The number of anilines is 1. The van der Waals surface area contributed by atoms with E-state index < -0.39 is 6.10 Å². The molecule has 1 fully saturated rings. The Labute approximate surface area is 88.1 Å². The maximum absolute atomic E-state index is 11.4. The van der Waals surface area contributed by atoms with Crippen molar-refractivity contribution in [3.05, 3.63) is 30.3 Å². The average Bonchev–Trinajstić information content (AvgIpc) is 2.29. The first-order valence-electron chi connectivity index (χ1n) is 4.93. The van der Waals surface area contributed by atoms with Crippen LogP contribution in [0.1, 0.15) is 6.42 Å². The molecule has 1 saturated heterocycles. The number of hydrogen-bond donors (Lipinski definition) is 1. The third-order valence-corrected chi connectivity index (χ3v) is 2.21. The molecule has 80 valence electrons. The molecule has 1 heterocycles. The van der Waals surface area contributed by atoms with Gasteiger partial charge in [0.2, 0.25) is 0 Å². The van der Waals surface area contributed by atoms with Crippen molar-refractivity contribution < 1.29 is 14.4 Å². The van der Waals surface area contributed by atoms with Crippen LogP contribution in [-0.4, -0.2) is 25.1 Å². The summed E-state index contributed by atoms with van der Waals surface area (Å²) in [5.41, 5.74) is 3.57. The van der Waals surface area contributed by atoms with Crippen LogP contribution in [0.4, 0.5) is 5.69 Å². The number of para-hydroxylation sites is 1. The SMILES string of the molecule is O=C1CCOCC1ONc1ccccc1. The normalized spacial score (nSPS) is 21.3. The van der Waals surface area contributed by atoms with Gasteiger partial charge in [-0.1, -0.05) is 18.2 Å². The van der Waals surface area contributed by atoms with E-state index in [9.17, 15) is 4.79 Å². The zero-order valence-electron chi connectivity index (χ0n) is 8.31. The molecule has 0 spiro atoms. The fourth-order valence-corrected chi connectivity index (χ4v) is 1.36. The highest BCUT2D eigenvalue weighted by atomic mass is 16.7. The second-order valence-corrected chi connectivity index (χ2v) is 3.37. The second-order valence-electron chi connectivity index (χ2n) is 3.37. The van der Waals surface area contributed by atoms with E-state index in [4.69, 9.17) is 9.57 Å². The van der Waals surface area contributed by atoms with Crippen molar-refractivity contribution in [3.8, 4) is 0 Å². The molecule has 0 saturated carbocycles. The zero-order valence-corrected chi connectivity index (χ0v) is 8.31. The maximum Gasteiger partial charge on any atom is 0.168 e. The lowest BCUT2D eigenvalue weighted by molar-refractivity contribution is -0.139. The molecular formula is C11H13NO3. The largest absolute Gasteiger partial charge is 0.378 e. The van der Waals surface area contributed by atoms with E-state index in [0.29, 0.717) is 19.6 Å². The number of carbonyl (C=O) groups excluding carboxylic acids is 1. The van der Waals surface area contributed by atoms with E-state index >= 15 is 0 Å². The first kappa shape index (κ1) is 10.1. The lowest BCUT2D eigenvalue weighted by Crippen LogP contribution is -2.36. The smallest absolute Gasteiger partial charge is 0.168 e. The Balaban J connectivity index is 1.85. The number of nitrogens with one attached hydrogen (secondary N) is 1. The molecule has 4 nitrogen and oxygen atoms in total. The molecule has 1 aliphatic rings. The molecule has 1 aromatic rings. The number of ketones is 1. The van der Waals surface area contributed by atoms with Crippen LogP contribution in [-0.2, 0) is 14.4 Å². The van der Waals surface area contributed by atoms with Gasteiger partial charge in [-0.05, 0) is 12.1 Å². The van der Waals surface area contributed by atoms with Crippen LogP contribution in [0.5, 0.6) is 0 Å². The third kappa shape index (κ3) is 2.78. The van der Waals surface area contributed by atoms with Crippen LogP contribution in [0.3, 0.4) is 0 Å². The Morgan fingerprint density at radius 3 is 2.87 bits per heavy atom. The fraction of sp³-hybridized carbons (Fsp3) is 0.364. The van der Waals surface area contributed by atoms with Crippen LogP contribution in [0, 0.1) is 0 Å². The Morgan fingerprint density at radius 1 is 1.33 bits per heavy atom. The quantitative estimate of drug-likeness (QED) is 0.761. The molecule has 1 atom stereocenters. The summed E-state index contributed by atoms with van der Waals surface area (Å²) in [6.07, 6.45) is -0.0554. The summed E-state index contributed by atoms with van der Waals surface area (Å²) in [4.78, 5) is 16.6. The molecule has 15 heavy (non-hydrogen) atoms. The number of rotatable bonds is 3. The van der Waals surface area contributed by atoms with Crippen LogP contribution in [0.15, 0.2) is 30.3 Å². The molecule has 4 heteroatoms. The van der Waals surface area contributed by atoms with Crippen molar-refractivity contribution in [2.75, 3.05) is 18.7 Å². The third-order valence-electron chi connectivity index (χ3n) is 2.21. The van der Waals surface area contributed by atoms with E-state index in [-0.39, 0.29) is 5.78 Å². The Kier molecular flexibility index (Phi) is 3.32. The number of Topliss-reactive ketones (excluding diaryl/α,β-unsaturated/α-hetero) is 1. The molecule has 2 rings (SSSR count). The van der Waals surface area contributed by atoms with Crippen LogP contribution < -0.4 is 5.48 Å². The van der Waals surface area contributed by atoms with Gasteiger partial charge in [-0.15, -0.1) is 0 Å². The summed E-state index contributed by atoms with van der Waals surface area (Å²) in [6, 6.07) is 9.44. The zero-order chi connectivity index (χ0) is 10.5. The van der Waals surface area contributed by atoms with Gasteiger partial charge in [0.1, 0.15) is 0 Å². The van der Waals surface area contributed by atoms with Crippen molar-refractivity contribution in [1.29, 1.82) is 0 Å². The van der Waals surface area contributed by atoms with E-state index in [2.05, 4.69) is 5.48 Å². The van der Waals surface area contributed by atoms with Gasteiger partial charge in [0, 0.05) is 6.42 Å². The number of carbonyl (C=O) groups is 1. The summed E-state index contributed by atoms with van der Waals surface area (Å²) in [7, 11) is 0. The van der Waals surface area contributed by atoms with Gasteiger partial charge < -0.3 is 4.74 Å². The van der Waals surface area contributed by atoms with Crippen molar-refractivity contribution in [2.24, 2.45) is 0 Å². The first-order chi connectivity index (χ1) is 7.36. The number of ether oxygens (including phenoxy) is 1. The van der Waals surface area contributed by atoms with Gasteiger partial charge >= 0.3 is 0 Å². The van der Waals surface area contributed by atoms with Crippen molar-refractivity contribution in [1.82, 2.24) is 0 Å². The monoisotopic (exact) mass is 207 g/mol.